The number of rotatable bonds is 4. The van der Waals surface area contributed by atoms with Crippen LogP contribution >= 0.6 is 11.3 Å². The van der Waals surface area contributed by atoms with E-state index in [1.165, 1.54) is 37.1 Å². The maximum atomic E-state index is 4.34. The molecule has 2 rings (SSSR count). The maximum Gasteiger partial charge on any atom is 0.131 e. The molecule has 0 amide bonds. The zero-order valence-corrected chi connectivity index (χ0v) is 12.6. The smallest absolute Gasteiger partial charge is 0.131 e. The van der Waals surface area contributed by atoms with Crippen molar-refractivity contribution in [3.63, 3.8) is 0 Å². The van der Waals surface area contributed by atoms with Crippen LogP contribution in [-0.4, -0.2) is 15.7 Å². The molecule has 0 aliphatic heterocycles. The molecule has 3 nitrogen and oxygen atoms in total. The number of nitrogens with one attached hydrogen (secondary N) is 1. The van der Waals surface area contributed by atoms with Crippen LogP contribution in [-0.2, 0) is 13.0 Å². The van der Waals surface area contributed by atoms with Crippen molar-refractivity contribution in [3.05, 3.63) is 10.0 Å². The van der Waals surface area contributed by atoms with Crippen LogP contribution in [0, 0.1) is 5.92 Å². The highest BCUT2D eigenvalue weighted by Crippen LogP contribution is 2.27. The van der Waals surface area contributed by atoms with Crippen LogP contribution in [0.3, 0.4) is 0 Å². The molecule has 1 aliphatic rings. The van der Waals surface area contributed by atoms with Crippen molar-refractivity contribution < 1.29 is 0 Å². The number of aromatic nitrogens is 2. The second-order valence-electron chi connectivity index (χ2n) is 6.40. The van der Waals surface area contributed by atoms with Gasteiger partial charge in [-0.15, -0.1) is 21.5 Å². The Balaban J connectivity index is 1.82. The van der Waals surface area contributed by atoms with Crippen LogP contribution < -0.4 is 5.32 Å². The van der Waals surface area contributed by atoms with Crippen molar-refractivity contribution in [1.29, 1.82) is 0 Å². The van der Waals surface area contributed by atoms with Gasteiger partial charge in [-0.05, 0) is 26.7 Å². The van der Waals surface area contributed by atoms with E-state index in [2.05, 4.69) is 36.3 Å². The fourth-order valence-electron chi connectivity index (χ4n) is 2.42. The molecule has 0 atom stereocenters. The Kier molecular flexibility index (Phi) is 4.73. The van der Waals surface area contributed by atoms with Gasteiger partial charge in [-0.1, -0.05) is 32.1 Å². The Morgan fingerprint density at radius 2 is 1.78 bits per heavy atom. The van der Waals surface area contributed by atoms with Gasteiger partial charge in [0.05, 0.1) is 6.54 Å². The molecule has 0 spiro atoms. The van der Waals surface area contributed by atoms with E-state index in [0.717, 1.165) is 23.9 Å². The van der Waals surface area contributed by atoms with Gasteiger partial charge in [0.15, 0.2) is 0 Å². The molecule has 18 heavy (non-hydrogen) atoms. The van der Waals surface area contributed by atoms with Gasteiger partial charge in [0.2, 0.25) is 0 Å². The van der Waals surface area contributed by atoms with Crippen LogP contribution in [0.15, 0.2) is 0 Å². The second kappa shape index (κ2) is 6.11. The highest BCUT2D eigenvalue weighted by atomic mass is 32.1. The van der Waals surface area contributed by atoms with Gasteiger partial charge >= 0.3 is 0 Å². The normalized spacial score (nSPS) is 18.2. The van der Waals surface area contributed by atoms with Gasteiger partial charge in [0, 0.05) is 12.0 Å². The molecule has 1 aliphatic carbocycles. The first kappa shape index (κ1) is 13.9. The molecule has 0 bridgehead atoms. The number of hydrogen-bond donors (Lipinski definition) is 1. The Bertz CT molecular complexity index is 361. The van der Waals surface area contributed by atoms with Gasteiger partial charge in [-0.2, -0.15) is 0 Å². The molecule has 1 saturated carbocycles. The third-order valence-corrected chi connectivity index (χ3v) is 4.41. The third-order valence-electron chi connectivity index (χ3n) is 3.47. The molecule has 1 aromatic heterocycles. The summed E-state index contributed by atoms with van der Waals surface area (Å²) in [5.41, 5.74) is 0.148. The van der Waals surface area contributed by atoms with E-state index in [1.807, 2.05) is 0 Å². The zero-order valence-electron chi connectivity index (χ0n) is 11.8. The summed E-state index contributed by atoms with van der Waals surface area (Å²) < 4.78 is 0. The average Bonchev–Trinajstić information content (AvgIpc) is 2.75. The van der Waals surface area contributed by atoms with E-state index in [1.54, 1.807) is 11.3 Å². The molecule has 0 radical (unpaired) electrons. The Morgan fingerprint density at radius 3 is 2.44 bits per heavy atom. The number of hydrogen-bond acceptors (Lipinski definition) is 4. The molecule has 1 heterocycles. The fourth-order valence-corrected chi connectivity index (χ4v) is 3.32. The van der Waals surface area contributed by atoms with Crippen LogP contribution in [0.2, 0.25) is 0 Å². The summed E-state index contributed by atoms with van der Waals surface area (Å²) in [4.78, 5) is 0. The fraction of sp³-hybridized carbons (Fsp3) is 0.857. The topological polar surface area (TPSA) is 37.8 Å². The highest BCUT2D eigenvalue weighted by molar-refractivity contribution is 7.11. The van der Waals surface area contributed by atoms with Crippen LogP contribution in [0.1, 0.15) is 62.9 Å². The van der Waals surface area contributed by atoms with E-state index in [-0.39, 0.29) is 5.54 Å². The zero-order chi connectivity index (χ0) is 13.0. The second-order valence-corrected chi connectivity index (χ2v) is 7.55. The maximum absolute atomic E-state index is 4.34. The molecule has 0 aromatic carbocycles. The van der Waals surface area contributed by atoms with Crippen molar-refractivity contribution in [1.82, 2.24) is 15.5 Å². The first-order chi connectivity index (χ1) is 8.53. The SMILES string of the molecule is CC(C)(C)NCc1nnc(CC2CCCCC2)s1. The largest absolute Gasteiger partial charge is 0.306 e. The molecular formula is C14H25N3S. The summed E-state index contributed by atoms with van der Waals surface area (Å²) >= 11 is 1.78. The summed E-state index contributed by atoms with van der Waals surface area (Å²) in [7, 11) is 0. The minimum atomic E-state index is 0.148. The summed E-state index contributed by atoms with van der Waals surface area (Å²) in [5.74, 6) is 0.857. The lowest BCUT2D eigenvalue weighted by Crippen LogP contribution is -2.35. The molecule has 1 N–H and O–H groups in total. The minimum Gasteiger partial charge on any atom is -0.306 e. The summed E-state index contributed by atoms with van der Waals surface area (Å²) in [6.45, 7) is 7.37. The molecule has 1 fully saturated rings. The lowest BCUT2D eigenvalue weighted by atomic mass is 9.87. The highest BCUT2D eigenvalue weighted by Gasteiger charge is 2.17. The predicted molar refractivity (Wildman–Crippen MR) is 76.8 cm³/mol. The van der Waals surface area contributed by atoms with Crippen molar-refractivity contribution in [2.75, 3.05) is 0 Å². The average molecular weight is 267 g/mol. The van der Waals surface area contributed by atoms with Gasteiger partial charge in [0.1, 0.15) is 10.0 Å². The Hall–Kier alpha value is -0.480. The third kappa shape index (κ3) is 4.65. The van der Waals surface area contributed by atoms with Crippen LogP contribution in [0.25, 0.3) is 0 Å². The minimum absolute atomic E-state index is 0.148. The lowest BCUT2D eigenvalue weighted by molar-refractivity contribution is 0.356. The standard InChI is InChI=1S/C14H25N3S/c1-14(2,3)15-10-13-17-16-12(18-13)9-11-7-5-4-6-8-11/h11,15H,4-10H2,1-3H3. The van der Waals surface area contributed by atoms with E-state index in [9.17, 15) is 0 Å². The van der Waals surface area contributed by atoms with Crippen molar-refractivity contribution >= 4 is 11.3 Å². The van der Waals surface area contributed by atoms with E-state index in [0.29, 0.717) is 0 Å². The Morgan fingerprint density at radius 1 is 1.11 bits per heavy atom. The molecule has 0 saturated heterocycles. The molecule has 1 aromatic rings. The van der Waals surface area contributed by atoms with Gasteiger partial charge in [-0.3, -0.25) is 0 Å². The summed E-state index contributed by atoms with van der Waals surface area (Å²) in [5, 5.41) is 14.4. The quantitative estimate of drug-likeness (QED) is 0.906. The first-order valence-electron chi connectivity index (χ1n) is 7.09. The van der Waals surface area contributed by atoms with Gasteiger partial charge in [-0.25, -0.2) is 0 Å². The van der Waals surface area contributed by atoms with Gasteiger partial charge in [0.25, 0.3) is 0 Å². The van der Waals surface area contributed by atoms with E-state index < -0.39 is 0 Å². The van der Waals surface area contributed by atoms with E-state index >= 15 is 0 Å². The molecular weight excluding hydrogens is 242 g/mol. The molecule has 0 unspecified atom stereocenters. The molecule has 4 heteroatoms. The number of nitrogens with zero attached hydrogens (tertiary/aromatic N) is 2. The van der Waals surface area contributed by atoms with Crippen LogP contribution in [0.4, 0.5) is 0 Å². The van der Waals surface area contributed by atoms with Crippen molar-refractivity contribution in [2.45, 2.75) is 71.4 Å². The summed E-state index contributed by atoms with van der Waals surface area (Å²) in [6.07, 6.45) is 8.15. The van der Waals surface area contributed by atoms with Gasteiger partial charge < -0.3 is 5.32 Å². The summed E-state index contributed by atoms with van der Waals surface area (Å²) in [6, 6.07) is 0. The monoisotopic (exact) mass is 267 g/mol. The first-order valence-corrected chi connectivity index (χ1v) is 7.91. The van der Waals surface area contributed by atoms with Crippen molar-refractivity contribution in [3.8, 4) is 0 Å². The van der Waals surface area contributed by atoms with E-state index in [4.69, 9.17) is 0 Å². The predicted octanol–water partition coefficient (Wildman–Crippen LogP) is 3.55. The lowest BCUT2D eigenvalue weighted by Gasteiger charge is -2.20. The van der Waals surface area contributed by atoms with Crippen molar-refractivity contribution in [2.24, 2.45) is 5.92 Å². The molecule has 102 valence electrons. The Labute approximate surface area is 114 Å². The van der Waals surface area contributed by atoms with Crippen LogP contribution in [0.5, 0.6) is 0 Å².